The molecule has 0 bridgehead atoms. The van der Waals surface area contributed by atoms with Crippen LogP contribution in [0.5, 0.6) is 0 Å². The molecule has 0 saturated carbocycles. The smallest absolute Gasteiger partial charge is 0.139 e. The van der Waals surface area contributed by atoms with Crippen molar-refractivity contribution in [3.05, 3.63) is 71.8 Å². The number of oxime groups is 2. The van der Waals surface area contributed by atoms with Gasteiger partial charge >= 0.3 is 0 Å². The second-order valence-corrected chi connectivity index (χ2v) is 3.98. The van der Waals surface area contributed by atoms with Gasteiger partial charge in [-0.05, 0) is 0 Å². The molecule has 0 aliphatic carbocycles. The maximum absolute atomic E-state index is 4.96. The van der Waals surface area contributed by atoms with Gasteiger partial charge in [-0.25, -0.2) is 0 Å². The van der Waals surface area contributed by atoms with Gasteiger partial charge in [0, 0.05) is 11.1 Å². The minimum atomic E-state index is 0.626. The molecule has 102 valence electrons. The molecule has 2 aromatic rings. The quantitative estimate of drug-likeness (QED) is 0.617. The van der Waals surface area contributed by atoms with Gasteiger partial charge in [-0.2, -0.15) is 0 Å². The van der Waals surface area contributed by atoms with Gasteiger partial charge < -0.3 is 9.68 Å². The molecule has 0 aliphatic rings. The number of hydrogen-bond donors (Lipinski definition) is 0. The Bertz CT molecular complexity index is 537. The predicted molar refractivity (Wildman–Crippen MR) is 80.0 cm³/mol. The second-order valence-electron chi connectivity index (χ2n) is 3.98. The molecule has 0 spiro atoms. The van der Waals surface area contributed by atoms with Crippen LogP contribution in [0.1, 0.15) is 11.1 Å². The molecule has 4 heteroatoms. The molecular weight excluding hydrogens is 252 g/mol. The molecule has 0 aliphatic heterocycles. The van der Waals surface area contributed by atoms with Crippen LogP contribution in [0.4, 0.5) is 0 Å². The van der Waals surface area contributed by atoms with Crippen molar-refractivity contribution in [1.82, 2.24) is 0 Å². The first-order valence-electron chi connectivity index (χ1n) is 6.20. The molecule has 0 atom stereocenters. The highest BCUT2D eigenvalue weighted by Gasteiger charge is 2.15. The number of rotatable bonds is 5. The molecule has 4 nitrogen and oxygen atoms in total. The summed E-state index contributed by atoms with van der Waals surface area (Å²) < 4.78 is 0. The molecule has 0 fully saturated rings. The van der Waals surface area contributed by atoms with E-state index >= 15 is 0 Å². The van der Waals surface area contributed by atoms with Crippen molar-refractivity contribution in [3.63, 3.8) is 0 Å². The van der Waals surface area contributed by atoms with E-state index in [9.17, 15) is 0 Å². The summed E-state index contributed by atoms with van der Waals surface area (Å²) in [5, 5.41) is 8.19. The fourth-order valence-electron chi connectivity index (χ4n) is 1.84. The number of nitrogens with zero attached hydrogens (tertiary/aromatic N) is 2. The van der Waals surface area contributed by atoms with Gasteiger partial charge in [-0.3, -0.25) is 0 Å². The van der Waals surface area contributed by atoms with Gasteiger partial charge in [0.15, 0.2) is 0 Å². The Hall–Kier alpha value is -2.62. The van der Waals surface area contributed by atoms with Crippen molar-refractivity contribution >= 4 is 11.4 Å². The molecule has 0 radical (unpaired) electrons. The van der Waals surface area contributed by atoms with Crippen LogP contribution >= 0.6 is 0 Å². The normalized spacial score (nSPS) is 12.1. The summed E-state index contributed by atoms with van der Waals surface area (Å²) >= 11 is 0. The topological polar surface area (TPSA) is 43.2 Å². The first kappa shape index (κ1) is 13.8. The molecule has 0 heterocycles. The van der Waals surface area contributed by atoms with Crippen molar-refractivity contribution in [2.45, 2.75) is 0 Å². The summed E-state index contributed by atoms with van der Waals surface area (Å²) in [5.74, 6) is 0. The lowest BCUT2D eigenvalue weighted by Crippen LogP contribution is -2.18. The van der Waals surface area contributed by atoms with E-state index in [-0.39, 0.29) is 0 Å². The average molecular weight is 268 g/mol. The third-order valence-electron chi connectivity index (χ3n) is 2.68. The minimum Gasteiger partial charge on any atom is -0.399 e. The van der Waals surface area contributed by atoms with Gasteiger partial charge in [-0.1, -0.05) is 71.0 Å². The van der Waals surface area contributed by atoms with Crippen molar-refractivity contribution in [3.8, 4) is 0 Å². The standard InChI is InChI=1S/C16H16N2O2/c1-19-17-15(13-9-5-3-6-10-13)16(18-20-2)14-11-7-4-8-12-14/h3-12H,1-2H3. The van der Waals surface area contributed by atoms with Crippen LogP contribution in [0, 0.1) is 0 Å². The highest BCUT2D eigenvalue weighted by Crippen LogP contribution is 2.11. The maximum atomic E-state index is 4.96. The van der Waals surface area contributed by atoms with Crippen molar-refractivity contribution < 1.29 is 9.68 Å². The zero-order valence-corrected chi connectivity index (χ0v) is 11.5. The zero-order chi connectivity index (χ0) is 14.2. The first-order valence-corrected chi connectivity index (χ1v) is 6.20. The SMILES string of the molecule is CON=C(C(=NOC)c1ccccc1)c1ccccc1. The van der Waals surface area contributed by atoms with Crippen LogP contribution in [0.2, 0.25) is 0 Å². The highest BCUT2D eigenvalue weighted by atomic mass is 16.6. The Balaban J connectivity index is 2.51. The van der Waals surface area contributed by atoms with Gasteiger partial charge in [0.05, 0.1) is 0 Å². The monoisotopic (exact) mass is 268 g/mol. The average Bonchev–Trinajstić information content (AvgIpc) is 2.52. The van der Waals surface area contributed by atoms with Crippen molar-refractivity contribution in [1.29, 1.82) is 0 Å². The van der Waals surface area contributed by atoms with Crippen molar-refractivity contribution in [2.24, 2.45) is 10.3 Å². The Labute approximate surface area is 118 Å². The summed E-state index contributed by atoms with van der Waals surface area (Å²) in [6, 6.07) is 19.5. The fraction of sp³-hybridized carbons (Fsp3) is 0.125. The summed E-state index contributed by atoms with van der Waals surface area (Å²) in [5.41, 5.74) is 3.07. The van der Waals surface area contributed by atoms with Crippen LogP contribution in [0.3, 0.4) is 0 Å². The van der Waals surface area contributed by atoms with Crippen LogP contribution in [-0.4, -0.2) is 25.6 Å². The van der Waals surface area contributed by atoms with E-state index in [1.54, 1.807) is 0 Å². The number of benzene rings is 2. The van der Waals surface area contributed by atoms with E-state index in [1.165, 1.54) is 14.2 Å². The van der Waals surface area contributed by atoms with E-state index < -0.39 is 0 Å². The lowest BCUT2D eigenvalue weighted by Gasteiger charge is -2.09. The van der Waals surface area contributed by atoms with Gasteiger partial charge in [0.2, 0.25) is 0 Å². The molecule has 2 rings (SSSR count). The van der Waals surface area contributed by atoms with Crippen molar-refractivity contribution in [2.75, 3.05) is 14.2 Å². The molecule has 0 amide bonds. The van der Waals surface area contributed by atoms with Crippen LogP contribution in [0.15, 0.2) is 71.0 Å². The second kappa shape index (κ2) is 7.09. The Morgan fingerprint density at radius 3 is 1.30 bits per heavy atom. The molecule has 0 aromatic heterocycles. The Morgan fingerprint density at radius 1 is 0.650 bits per heavy atom. The van der Waals surface area contributed by atoms with E-state index in [0.717, 1.165) is 11.1 Å². The first-order chi connectivity index (χ1) is 9.86. The van der Waals surface area contributed by atoms with E-state index in [1.807, 2.05) is 60.7 Å². The third kappa shape index (κ3) is 3.23. The fourth-order valence-corrected chi connectivity index (χ4v) is 1.84. The molecule has 0 saturated heterocycles. The lowest BCUT2D eigenvalue weighted by molar-refractivity contribution is 0.210. The molecule has 0 unspecified atom stereocenters. The van der Waals surface area contributed by atoms with Gasteiger partial charge in [0.25, 0.3) is 0 Å². The zero-order valence-electron chi connectivity index (χ0n) is 11.5. The summed E-state index contributed by atoms with van der Waals surface area (Å²) in [4.78, 5) is 9.92. The van der Waals surface area contributed by atoms with E-state index in [2.05, 4.69) is 10.3 Å². The van der Waals surface area contributed by atoms with Crippen LogP contribution in [-0.2, 0) is 9.68 Å². The van der Waals surface area contributed by atoms with Crippen LogP contribution in [0.25, 0.3) is 0 Å². The molecule has 0 N–H and O–H groups in total. The highest BCUT2D eigenvalue weighted by molar-refractivity contribution is 6.53. The maximum Gasteiger partial charge on any atom is 0.139 e. The summed E-state index contributed by atoms with van der Waals surface area (Å²) in [7, 11) is 3.02. The third-order valence-corrected chi connectivity index (χ3v) is 2.68. The summed E-state index contributed by atoms with van der Waals surface area (Å²) in [6.07, 6.45) is 0. The Kier molecular flexibility index (Phi) is 4.89. The van der Waals surface area contributed by atoms with E-state index in [4.69, 9.17) is 9.68 Å². The molecular formula is C16H16N2O2. The Morgan fingerprint density at radius 2 is 1.00 bits per heavy atom. The van der Waals surface area contributed by atoms with E-state index in [0.29, 0.717) is 11.4 Å². The van der Waals surface area contributed by atoms with Crippen LogP contribution < -0.4 is 0 Å². The van der Waals surface area contributed by atoms with Gasteiger partial charge in [0.1, 0.15) is 25.6 Å². The summed E-state index contributed by atoms with van der Waals surface area (Å²) in [6.45, 7) is 0. The van der Waals surface area contributed by atoms with Gasteiger partial charge in [-0.15, -0.1) is 0 Å². The molecule has 2 aromatic carbocycles. The largest absolute Gasteiger partial charge is 0.399 e. The predicted octanol–water partition coefficient (Wildman–Crippen LogP) is 3.09. The molecule has 20 heavy (non-hydrogen) atoms. The lowest BCUT2D eigenvalue weighted by atomic mass is 10.00. The minimum absolute atomic E-state index is 0.626. The number of hydrogen-bond acceptors (Lipinski definition) is 4.